The van der Waals surface area contributed by atoms with E-state index in [9.17, 15) is 0 Å². The number of hydrogen-bond donors (Lipinski definition) is 2. The Kier molecular flexibility index (Phi) is 4.33. The van der Waals surface area contributed by atoms with Crippen LogP contribution in [0.3, 0.4) is 0 Å². The van der Waals surface area contributed by atoms with Crippen molar-refractivity contribution in [3.8, 4) is 0 Å². The number of nitrogens with zero attached hydrogens (tertiary/aromatic N) is 2. The van der Waals surface area contributed by atoms with Crippen LogP contribution in [0, 0.1) is 0 Å². The number of nitrogens with two attached hydrogens (primary N) is 1. The lowest BCUT2D eigenvalue weighted by molar-refractivity contribution is 0.469. The number of imidazole rings is 1. The first kappa shape index (κ1) is 13.1. The number of fused-ring (bicyclic) bond motifs is 1. The van der Waals surface area contributed by atoms with Gasteiger partial charge in [0.2, 0.25) is 0 Å². The summed E-state index contributed by atoms with van der Waals surface area (Å²) in [5, 5.41) is 0. The maximum Gasteiger partial charge on any atom is 0.111 e. The molecule has 0 aliphatic heterocycles. The fourth-order valence-corrected chi connectivity index (χ4v) is 2.45. The van der Waals surface area contributed by atoms with Gasteiger partial charge < -0.3 is 4.57 Å². The summed E-state index contributed by atoms with van der Waals surface area (Å²) in [4.78, 5) is 4.72. The van der Waals surface area contributed by atoms with Crippen LogP contribution in [0.4, 0.5) is 0 Å². The zero-order valence-corrected chi connectivity index (χ0v) is 11.2. The topological polar surface area (TPSA) is 55.9 Å². The Morgan fingerprint density at radius 1 is 1.33 bits per heavy atom. The zero-order valence-electron chi connectivity index (χ0n) is 11.2. The highest BCUT2D eigenvalue weighted by atomic mass is 15.2. The number of para-hydroxylation sites is 2. The molecule has 1 aromatic heterocycles. The Balaban J connectivity index is 2.32. The van der Waals surface area contributed by atoms with Crippen LogP contribution in [0.2, 0.25) is 0 Å². The van der Waals surface area contributed by atoms with Crippen LogP contribution >= 0.6 is 0 Å². The number of aromatic nitrogens is 2. The van der Waals surface area contributed by atoms with Gasteiger partial charge in [-0.05, 0) is 25.5 Å². The summed E-state index contributed by atoms with van der Waals surface area (Å²) in [5.74, 6) is 6.73. The normalized spacial score (nSPS) is 13.1. The predicted octanol–water partition coefficient (Wildman–Crippen LogP) is 2.23. The minimum atomic E-state index is 0.303. The zero-order chi connectivity index (χ0) is 13.0. The smallest absolute Gasteiger partial charge is 0.111 e. The molecule has 98 valence electrons. The summed E-state index contributed by atoms with van der Waals surface area (Å²) >= 11 is 0. The van der Waals surface area contributed by atoms with E-state index in [2.05, 4.69) is 42.0 Å². The van der Waals surface area contributed by atoms with Gasteiger partial charge in [-0.25, -0.2) is 4.98 Å². The summed E-state index contributed by atoms with van der Waals surface area (Å²) in [7, 11) is 0. The van der Waals surface area contributed by atoms with Gasteiger partial charge in [0, 0.05) is 19.0 Å². The average molecular weight is 246 g/mol. The van der Waals surface area contributed by atoms with Crippen LogP contribution in [0.5, 0.6) is 0 Å². The molecular formula is C14H22N4. The molecular weight excluding hydrogens is 224 g/mol. The van der Waals surface area contributed by atoms with Gasteiger partial charge in [-0.3, -0.25) is 11.3 Å². The highest BCUT2D eigenvalue weighted by molar-refractivity contribution is 5.75. The minimum absolute atomic E-state index is 0.303. The molecule has 0 spiro atoms. The highest BCUT2D eigenvalue weighted by Gasteiger charge is 2.13. The van der Waals surface area contributed by atoms with Crippen molar-refractivity contribution in [3.05, 3.63) is 30.1 Å². The second-order valence-electron chi connectivity index (χ2n) is 4.62. The molecule has 1 unspecified atom stereocenters. The highest BCUT2D eigenvalue weighted by Crippen LogP contribution is 2.17. The lowest BCUT2D eigenvalue weighted by Gasteiger charge is -2.15. The molecule has 0 bridgehead atoms. The standard InChI is InChI=1S/C14H22N4/c1-3-7-11(17-15)10-14-16-12-8-5-6-9-13(12)18(14)4-2/h5-6,8-9,11,17H,3-4,7,10,15H2,1-2H3. The van der Waals surface area contributed by atoms with Crippen LogP contribution in [-0.4, -0.2) is 15.6 Å². The SMILES string of the molecule is CCCC(Cc1nc2ccccc2n1CC)NN. The summed E-state index contributed by atoms with van der Waals surface area (Å²) in [6.45, 7) is 5.27. The van der Waals surface area contributed by atoms with E-state index < -0.39 is 0 Å². The molecule has 1 atom stereocenters. The lowest BCUT2D eigenvalue weighted by atomic mass is 10.1. The summed E-state index contributed by atoms with van der Waals surface area (Å²) < 4.78 is 2.27. The van der Waals surface area contributed by atoms with Gasteiger partial charge in [0.25, 0.3) is 0 Å². The van der Waals surface area contributed by atoms with Crippen LogP contribution in [0.15, 0.2) is 24.3 Å². The third-order valence-electron chi connectivity index (χ3n) is 3.35. The average Bonchev–Trinajstić information content (AvgIpc) is 2.75. The first-order valence-electron chi connectivity index (χ1n) is 6.70. The maximum atomic E-state index is 5.61. The Labute approximate surface area is 108 Å². The van der Waals surface area contributed by atoms with E-state index in [1.807, 2.05) is 6.07 Å². The number of aryl methyl sites for hydroxylation is 1. The van der Waals surface area contributed by atoms with Crippen LogP contribution in [-0.2, 0) is 13.0 Å². The van der Waals surface area contributed by atoms with Crippen molar-refractivity contribution in [3.63, 3.8) is 0 Å². The molecule has 0 saturated heterocycles. The van der Waals surface area contributed by atoms with Gasteiger partial charge in [-0.15, -0.1) is 0 Å². The molecule has 0 aliphatic carbocycles. The van der Waals surface area contributed by atoms with Gasteiger partial charge >= 0.3 is 0 Å². The Morgan fingerprint density at radius 3 is 2.78 bits per heavy atom. The van der Waals surface area contributed by atoms with Gasteiger partial charge in [-0.2, -0.15) is 0 Å². The molecule has 1 aromatic carbocycles. The van der Waals surface area contributed by atoms with Gasteiger partial charge in [0.15, 0.2) is 0 Å². The number of benzene rings is 1. The van der Waals surface area contributed by atoms with E-state index in [1.54, 1.807) is 0 Å². The van der Waals surface area contributed by atoms with Crippen molar-refractivity contribution in [2.24, 2.45) is 5.84 Å². The van der Waals surface area contributed by atoms with E-state index in [0.29, 0.717) is 6.04 Å². The first-order valence-corrected chi connectivity index (χ1v) is 6.70. The number of hydrazine groups is 1. The second kappa shape index (κ2) is 5.98. The van der Waals surface area contributed by atoms with Gasteiger partial charge in [0.1, 0.15) is 5.82 Å². The summed E-state index contributed by atoms with van der Waals surface area (Å²) in [6.07, 6.45) is 3.08. The summed E-state index contributed by atoms with van der Waals surface area (Å²) in [5.41, 5.74) is 5.18. The molecule has 0 fully saturated rings. The molecule has 4 heteroatoms. The van der Waals surface area contributed by atoms with E-state index >= 15 is 0 Å². The van der Waals surface area contributed by atoms with Gasteiger partial charge in [-0.1, -0.05) is 25.5 Å². The third kappa shape index (κ3) is 2.54. The molecule has 2 aromatic rings. The Morgan fingerprint density at radius 2 is 2.11 bits per heavy atom. The largest absolute Gasteiger partial charge is 0.328 e. The molecule has 0 amide bonds. The molecule has 1 heterocycles. The Bertz CT molecular complexity index is 503. The van der Waals surface area contributed by atoms with Crippen molar-refractivity contribution < 1.29 is 0 Å². The fraction of sp³-hybridized carbons (Fsp3) is 0.500. The van der Waals surface area contributed by atoms with Crippen LogP contribution < -0.4 is 11.3 Å². The summed E-state index contributed by atoms with van der Waals surface area (Å²) in [6, 6.07) is 8.58. The minimum Gasteiger partial charge on any atom is -0.328 e. The molecule has 0 aliphatic rings. The third-order valence-corrected chi connectivity index (χ3v) is 3.35. The quantitative estimate of drug-likeness (QED) is 0.607. The Hall–Kier alpha value is -1.39. The number of nitrogens with one attached hydrogen (secondary N) is 1. The molecule has 0 radical (unpaired) electrons. The lowest BCUT2D eigenvalue weighted by Crippen LogP contribution is -2.37. The fourth-order valence-electron chi connectivity index (χ4n) is 2.45. The molecule has 2 rings (SSSR count). The monoisotopic (exact) mass is 246 g/mol. The second-order valence-corrected chi connectivity index (χ2v) is 4.62. The van der Waals surface area contributed by atoms with E-state index in [1.165, 1.54) is 5.52 Å². The molecule has 4 nitrogen and oxygen atoms in total. The number of rotatable bonds is 6. The van der Waals surface area contributed by atoms with E-state index in [-0.39, 0.29) is 0 Å². The maximum absolute atomic E-state index is 5.61. The first-order chi connectivity index (χ1) is 8.80. The van der Waals surface area contributed by atoms with Crippen molar-refractivity contribution in [2.45, 2.75) is 45.7 Å². The van der Waals surface area contributed by atoms with Gasteiger partial charge in [0.05, 0.1) is 11.0 Å². The predicted molar refractivity (Wildman–Crippen MR) is 75.1 cm³/mol. The van der Waals surface area contributed by atoms with Crippen molar-refractivity contribution in [1.29, 1.82) is 0 Å². The number of hydrogen-bond acceptors (Lipinski definition) is 3. The molecule has 0 saturated carbocycles. The van der Waals surface area contributed by atoms with Crippen molar-refractivity contribution in [1.82, 2.24) is 15.0 Å². The van der Waals surface area contributed by atoms with Crippen molar-refractivity contribution >= 4 is 11.0 Å². The van der Waals surface area contributed by atoms with Crippen LogP contribution in [0.1, 0.15) is 32.5 Å². The molecule has 3 N–H and O–H groups in total. The van der Waals surface area contributed by atoms with E-state index in [4.69, 9.17) is 10.8 Å². The van der Waals surface area contributed by atoms with E-state index in [0.717, 1.165) is 37.1 Å². The molecule has 18 heavy (non-hydrogen) atoms. The van der Waals surface area contributed by atoms with Crippen molar-refractivity contribution in [2.75, 3.05) is 0 Å². The van der Waals surface area contributed by atoms with Crippen LogP contribution in [0.25, 0.3) is 11.0 Å².